The Bertz CT molecular complexity index is 472. The van der Waals surface area contributed by atoms with E-state index in [4.69, 9.17) is 12.2 Å². The summed E-state index contributed by atoms with van der Waals surface area (Å²) < 4.78 is 28.7. The number of amides is 1. The summed E-state index contributed by atoms with van der Waals surface area (Å²) in [6, 6.07) is 5.38. The quantitative estimate of drug-likeness (QED) is 0.763. The summed E-state index contributed by atoms with van der Waals surface area (Å²) in [6.07, 6.45) is 5.15. The number of terminal acetylenes is 1. The van der Waals surface area contributed by atoms with Crippen LogP contribution in [0.15, 0.2) is 24.3 Å². The Kier molecular flexibility index (Phi) is 5.76. The number of para-hydroxylation sites is 1. The fourth-order valence-corrected chi connectivity index (χ4v) is 1.39. The third kappa shape index (κ3) is 4.94. The average molecular weight is 268 g/mol. The molecule has 1 rings (SSSR count). The van der Waals surface area contributed by atoms with Crippen molar-refractivity contribution in [3.63, 3.8) is 0 Å². The number of hydrogen-bond acceptors (Lipinski definition) is 3. The van der Waals surface area contributed by atoms with Gasteiger partial charge in [-0.25, -0.2) is 0 Å². The van der Waals surface area contributed by atoms with Crippen LogP contribution < -0.4 is 15.8 Å². The molecule has 0 aliphatic heterocycles. The first-order valence-electron chi connectivity index (χ1n) is 5.54. The number of halogens is 2. The molecule has 0 fully saturated rings. The maximum absolute atomic E-state index is 12.2. The first-order valence-corrected chi connectivity index (χ1v) is 5.54. The highest BCUT2D eigenvalue weighted by Crippen LogP contribution is 2.19. The van der Waals surface area contributed by atoms with Crippen molar-refractivity contribution in [2.75, 3.05) is 0 Å². The highest BCUT2D eigenvalue weighted by atomic mass is 19.3. The third-order valence-electron chi connectivity index (χ3n) is 2.32. The van der Waals surface area contributed by atoms with Crippen LogP contribution in [-0.2, 0) is 11.3 Å². The Morgan fingerprint density at radius 1 is 1.47 bits per heavy atom. The minimum atomic E-state index is -2.92. The van der Waals surface area contributed by atoms with Crippen LogP contribution in [0.3, 0.4) is 0 Å². The molecule has 0 radical (unpaired) electrons. The molecule has 0 aromatic heterocycles. The van der Waals surface area contributed by atoms with Crippen LogP contribution >= 0.6 is 0 Å². The zero-order chi connectivity index (χ0) is 14.3. The van der Waals surface area contributed by atoms with Gasteiger partial charge in [-0.15, -0.1) is 12.3 Å². The number of carbonyl (C=O) groups is 1. The van der Waals surface area contributed by atoms with Crippen LogP contribution in [0.5, 0.6) is 5.75 Å². The second-order valence-electron chi connectivity index (χ2n) is 3.72. The number of ether oxygens (including phenoxy) is 1. The molecule has 1 unspecified atom stereocenters. The number of nitrogens with two attached hydrogens (primary N) is 1. The smallest absolute Gasteiger partial charge is 0.387 e. The van der Waals surface area contributed by atoms with E-state index in [0.29, 0.717) is 5.56 Å². The zero-order valence-electron chi connectivity index (χ0n) is 10.1. The molecule has 0 aliphatic rings. The van der Waals surface area contributed by atoms with Gasteiger partial charge in [0.15, 0.2) is 0 Å². The minimum Gasteiger partial charge on any atom is -0.434 e. The van der Waals surface area contributed by atoms with Gasteiger partial charge in [0, 0.05) is 18.5 Å². The van der Waals surface area contributed by atoms with Gasteiger partial charge in [-0.3, -0.25) is 4.79 Å². The molecule has 1 amide bonds. The molecule has 6 heteroatoms. The van der Waals surface area contributed by atoms with Crippen LogP contribution in [-0.4, -0.2) is 18.6 Å². The van der Waals surface area contributed by atoms with Crippen molar-refractivity contribution < 1.29 is 18.3 Å². The third-order valence-corrected chi connectivity index (χ3v) is 2.32. The highest BCUT2D eigenvalue weighted by Gasteiger charge is 2.13. The van der Waals surface area contributed by atoms with Gasteiger partial charge < -0.3 is 15.8 Å². The van der Waals surface area contributed by atoms with Crippen LogP contribution in [0.4, 0.5) is 8.78 Å². The van der Waals surface area contributed by atoms with Gasteiger partial charge in [0.1, 0.15) is 5.75 Å². The predicted octanol–water partition coefficient (Wildman–Crippen LogP) is 1.25. The van der Waals surface area contributed by atoms with E-state index in [2.05, 4.69) is 16.0 Å². The summed E-state index contributed by atoms with van der Waals surface area (Å²) in [5.74, 6) is 1.85. The Balaban J connectivity index is 2.63. The summed E-state index contributed by atoms with van der Waals surface area (Å²) in [7, 11) is 0. The number of carbonyl (C=O) groups excluding carboxylic acids is 1. The van der Waals surface area contributed by atoms with E-state index >= 15 is 0 Å². The van der Waals surface area contributed by atoms with E-state index < -0.39 is 18.6 Å². The van der Waals surface area contributed by atoms with E-state index in [1.54, 1.807) is 18.2 Å². The van der Waals surface area contributed by atoms with Gasteiger partial charge in [-0.05, 0) is 6.07 Å². The van der Waals surface area contributed by atoms with E-state index in [-0.39, 0.29) is 18.7 Å². The number of benzene rings is 1. The van der Waals surface area contributed by atoms with Crippen molar-refractivity contribution in [1.29, 1.82) is 0 Å². The fourth-order valence-electron chi connectivity index (χ4n) is 1.39. The van der Waals surface area contributed by atoms with E-state index in [0.717, 1.165) is 0 Å². The summed E-state index contributed by atoms with van der Waals surface area (Å²) >= 11 is 0. The van der Waals surface area contributed by atoms with Crippen LogP contribution in [0.25, 0.3) is 0 Å². The molecular weight excluding hydrogens is 254 g/mol. The molecule has 19 heavy (non-hydrogen) atoms. The van der Waals surface area contributed by atoms with Crippen molar-refractivity contribution in [1.82, 2.24) is 5.32 Å². The lowest BCUT2D eigenvalue weighted by Gasteiger charge is -2.13. The molecule has 0 heterocycles. The van der Waals surface area contributed by atoms with Gasteiger partial charge in [-0.1, -0.05) is 18.2 Å². The maximum atomic E-state index is 12.2. The fraction of sp³-hybridized carbons (Fsp3) is 0.308. The van der Waals surface area contributed by atoms with Gasteiger partial charge in [0.2, 0.25) is 5.91 Å². The summed E-state index contributed by atoms with van der Waals surface area (Å²) in [5, 5.41) is 2.51. The first kappa shape index (κ1) is 14.9. The van der Waals surface area contributed by atoms with Gasteiger partial charge >= 0.3 is 6.61 Å². The number of hydrogen-bond donors (Lipinski definition) is 2. The summed E-state index contributed by atoms with van der Waals surface area (Å²) in [5.41, 5.74) is 5.94. The number of rotatable bonds is 6. The number of alkyl halides is 2. The topological polar surface area (TPSA) is 64.4 Å². The highest BCUT2D eigenvalue weighted by molar-refractivity contribution is 5.81. The Morgan fingerprint density at radius 2 is 2.16 bits per heavy atom. The molecule has 102 valence electrons. The predicted molar refractivity (Wildman–Crippen MR) is 66.3 cm³/mol. The van der Waals surface area contributed by atoms with Crippen LogP contribution in [0.1, 0.15) is 12.0 Å². The van der Waals surface area contributed by atoms with Crippen molar-refractivity contribution in [3.05, 3.63) is 29.8 Å². The molecule has 0 saturated heterocycles. The molecule has 1 aromatic rings. The van der Waals surface area contributed by atoms with Crippen LogP contribution in [0.2, 0.25) is 0 Å². The lowest BCUT2D eigenvalue weighted by atomic mass is 10.2. The average Bonchev–Trinajstić information content (AvgIpc) is 2.37. The van der Waals surface area contributed by atoms with Gasteiger partial charge in [0.05, 0.1) is 6.04 Å². The van der Waals surface area contributed by atoms with E-state index in [9.17, 15) is 13.6 Å². The summed E-state index contributed by atoms with van der Waals surface area (Å²) in [6.45, 7) is -2.87. The lowest BCUT2D eigenvalue weighted by Crippen LogP contribution is -2.39. The Morgan fingerprint density at radius 3 is 2.79 bits per heavy atom. The minimum absolute atomic E-state index is 0.0170. The molecule has 1 aromatic carbocycles. The second-order valence-corrected chi connectivity index (χ2v) is 3.72. The van der Waals surface area contributed by atoms with E-state index in [1.807, 2.05) is 0 Å². The monoisotopic (exact) mass is 268 g/mol. The molecule has 0 saturated carbocycles. The summed E-state index contributed by atoms with van der Waals surface area (Å²) in [4.78, 5) is 11.5. The standard InChI is InChI=1S/C13H14F2N2O2/c1-2-5-10(16)12(18)17-8-9-6-3-4-7-11(9)19-13(14)15/h1,3-4,6-7,10,13H,5,8,16H2,(H,17,18). The van der Waals surface area contributed by atoms with E-state index in [1.165, 1.54) is 6.07 Å². The van der Waals surface area contributed by atoms with Crippen molar-refractivity contribution in [2.24, 2.45) is 5.73 Å². The maximum Gasteiger partial charge on any atom is 0.387 e. The van der Waals surface area contributed by atoms with Crippen molar-refractivity contribution >= 4 is 5.91 Å². The lowest BCUT2D eigenvalue weighted by molar-refractivity contribution is -0.122. The Hall–Kier alpha value is -2.13. The normalized spacial score (nSPS) is 11.7. The Labute approximate surface area is 109 Å². The largest absolute Gasteiger partial charge is 0.434 e. The molecule has 3 N–H and O–H groups in total. The molecule has 0 spiro atoms. The van der Waals surface area contributed by atoms with Gasteiger partial charge in [0.25, 0.3) is 0 Å². The first-order chi connectivity index (χ1) is 9.04. The second kappa shape index (κ2) is 7.34. The molecule has 4 nitrogen and oxygen atoms in total. The molecule has 0 aliphatic carbocycles. The zero-order valence-corrected chi connectivity index (χ0v) is 10.1. The van der Waals surface area contributed by atoms with Crippen LogP contribution in [0, 0.1) is 12.3 Å². The number of nitrogens with one attached hydrogen (secondary N) is 1. The molecule has 1 atom stereocenters. The molecular formula is C13H14F2N2O2. The van der Waals surface area contributed by atoms with Crippen molar-refractivity contribution in [2.45, 2.75) is 25.6 Å². The van der Waals surface area contributed by atoms with Crippen molar-refractivity contribution in [3.8, 4) is 18.1 Å². The SMILES string of the molecule is C#CCC(N)C(=O)NCc1ccccc1OC(F)F. The molecule has 0 bridgehead atoms. The van der Waals surface area contributed by atoms with Gasteiger partial charge in [-0.2, -0.15) is 8.78 Å².